The molecule has 0 heterocycles. The molecule has 1 rings (SSSR count). The fourth-order valence-electron chi connectivity index (χ4n) is 1.04. The zero-order chi connectivity index (χ0) is 11.5. The van der Waals surface area contributed by atoms with Gasteiger partial charge in [-0.05, 0) is 17.7 Å². The number of alkyl halides is 3. The van der Waals surface area contributed by atoms with E-state index in [1.807, 2.05) is 0 Å². The first-order valence-corrected chi connectivity index (χ1v) is 3.95. The molecule has 0 aromatic heterocycles. The Morgan fingerprint density at radius 1 is 1.00 bits per heavy atom. The van der Waals surface area contributed by atoms with E-state index >= 15 is 0 Å². The quantitative estimate of drug-likeness (QED) is 0.715. The Morgan fingerprint density at radius 2 is 1.47 bits per heavy atom. The van der Waals surface area contributed by atoms with Crippen LogP contribution in [-0.2, 0) is 6.18 Å². The minimum atomic E-state index is -4.40. The molecule has 0 saturated carbocycles. The second kappa shape index (κ2) is 4.02. The summed E-state index contributed by atoms with van der Waals surface area (Å²) in [5.41, 5.74) is -0.520. The third-order valence-corrected chi connectivity index (χ3v) is 1.83. The fraction of sp³-hybridized carbons (Fsp3) is 0.200. The minimum absolute atomic E-state index is 0.271. The van der Waals surface area contributed by atoms with Crippen molar-refractivity contribution in [2.45, 2.75) is 12.1 Å². The van der Waals surface area contributed by atoms with E-state index in [-0.39, 0.29) is 5.56 Å². The molecule has 0 unspecified atom stereocenters. The first-order chi connectivity index (χ1) is 6.99. The summed E-state index contributed by atoms with van der Waals surface area (Å²) in [6.45, 7) is 0. The number of benzene rings is 1. The van der Waals surface area contributed by atoms with Crippen molar-refractivity contribution in [3.05, 3.63) is 35.4 Å². The highest BCUT2D eigenvalue weighted by Gasteiger charge is 2.30. The predicted octanol–water partition coefficient (Wildman–Crippen LogP) is 2.84. The molecular formula is C10H5F3N2. The molecule has 0 spiro atoms. The van der Waals surface area contributed by atoms with Gasteiger partial charge in [0.25, 0.3) is 0 Å². The zero-order valence-corrected chi connectivity index (χ0v) is 7.42. The van der Waals surface area contributed by atoms with E-state index in [2.05, 4.69) is 0 Å². The van der Waals surface area contributed by atoms with Crippen LogP contribution in [0, 0.1) is 22.7 Å². The van der Waals surface area contributed by atoms with Gasteiger partial charge in [0.1, 0.15) is 0 Å². The van der Waals surface area contributed by atoms with Crippen molar-refractivity contribution in [1.82, 2.24) is 0 Å². The Balaban J connectivity index is 3.02. The molecule has 0 aliphatic carbocycles. The molecule has 0 saturated heterocycles. The van der Waals surface area contributed by atoms with Gasteiger partial charge in [0.2, 0.25) is 0 Å². The molecule has 1 aromatic carbocycles. The van der Waals surface area contributed by atoms with Crippen LogP contribution in [0.2, 0.25) is 0 Å². The number of halogens is 3. The second-order valence-electron chi connectivity index (χ2n) is 2.81. The zero-order valence-electron chi connectivity index (χ0n) is 7.42. The van der Waals surface area contributed by atoms with Crippen molar-refractivity contribution in [1.29, 1.82) is 10.5 Å². The van der Waals surface area contributed by atoms with Crippen LogP contribution in [-0.4, -0.2) is 0 Å². The summed E-state index contributed by atoms with van der Waals surface area (Å²) in [5, 5.41) is 17.0. The maximum Gasteiger partial charge on any atom is 0.416 e. The van der Waals surface area contributed by atoms with Crippen molar-refractivity contribution in [3.8, 4) is 12.1 Å². The maximum absolute atomic E-state index is 12.2. The van der Waals surface area contributed by atoms with Gasteiger partial charge in [0.15, 0.2) is 5.92 Å². The Labute approximate surface area is 84.2 Å². The standard InChI is InChI=1S/C10H5F3N2/c11-10(12,13)9-3-1-7(2-4-9)8(5-14)6-15/h1-4,8H. The molecule has 0 fully saturated rings. The lowest BCUT2D eigenvalue weighted by Crippen LogP contribution is -2.04. The molecule has 0 N–H and O–H groups in total. The van der Waals surface area contributed by atoms with Gasteiger partial charge >= 0.3 is 6.18 Å². The van der Waals surface area contributed by atoms with Crippen LogP contribution < -0.4 is 0 Å². The van der Waals surface area contributed by atoms with E-state index in [4.69, 9.17) is 10.5 Å². The average molecular weight is 210 g/mol. The Hall–Kier alpha value is -2.01. The van der Waals surface area contributed by atoms with E-state index in [1.54, 1.807) is 12.1 Å². The topological polar surface area (TPSA) is 47.6 Å². The molecule has 0 amide bonds. The SMILES string of the molecule is N#CC(C#N)c1ccc(C(F)(F)F)cc1. The highest BCUT2D eigenvalue weighted by Crippen LogP contribution is 2.29. The third kappa shape index (κ3) is 2.47. The first-order valence-electron chi connectivity index (χ1n) is 3.95. The van der Waals surface area contributed by atoms with Crippen molar-refractivity contribution >= 4 is 0 Å². The van der Waals surface area contributed by atoms with Gasteiger partial charge in [-0.15, -0.1) is 0 Å². The smallest absolute Gasteiger partial charge is 0.196 e. The molecule has 76 valence electrons. The van der Waals surface area contributed by atoms with E-state index in [0.29, 0.717) is 0 Å². The summed E-state index contributed by atoms with van der Waals surface area (Å²) in [6.07, 6.45) is -4.40. The number of rotatable bonds is 1. The van der Waals surface area contributed by atoms with E-state index in [0.717, 1.165) is 24.3 Å². The monoisotopic (exact) mass is 210 g/mol. The molecule has 2 nitrogen and oxygen atoms in total. The summed E-state index contributed by atoms with van der Waals surface area (Å²) in [6, 6.07) is 7.36. The molecule has 0 radical (unpaired) electrons. The van der Waals surface area contributed by atoms with Crippen molar-refractivity contribution in [2.24, 2.45) is 0 Å². The highest BCUT2D eigenvalue weighted by molar-refractivity contribution is 5.34. The number of nitrogens with zero attached hydrogens (tertiary/aromatic N) is 2. The molecule has 15 heavy (non-hydrogen) atoms. The van der Waals surface area contributed by atoms with Crippen LogP contribution in [0.4, 0.5) is 13.2 Å². The van der Waals surface area contributed by atoms with E-state index < -0.39 is 17.7 Å². The van der Waals surface area contributed by atoms with E-state index in [9.17, 15) is 13.2 Å². The van der Waals surface area contributed by atoms with Crippen LogP contribution in [0.15, 0.2) is 24.3 Å². The van der Waals surface area contributed by atoms with Gasteiger partial charge in [-0.1, -0.05) is 12.1 Å². The van der Waals surface area contributed by atoms with Crippen LogP contribution >= 0.6 is 0 Å². The van der Waals surface area contributed by atoms with Crippen LogP contribution in [0.1, 0.15) is 17.0 Å². The van der Waals surface area contributed by atoms with Gasteiger partial charge in [-0.3, -0.25) is 0 Å². The summed E-state index contributed by atoms with van der Waals surface area (Å²) >= 11 is 0. The summed E-state index contributed by atoms with van der Waals surface area (Å²) in [4.78, 5) is 0. The van der Waals surface area contributed by atoms with Crippen LogP contribution in [0.3, 0.4) is 0 Å². The lowest BCUT2D eigenvalue weighted by atomic mass is 10.0. The lowest BCUT2D eigenvalue weighted by molar-refractivity contribution is -0.137. The van der Waals surface area contributed by atoms with Gasteiger partial charge in [-0.25, -0.2) is 0 Å². The van der Waals surface area contributed by atoms with Crippen LogP contribution in [0.5, 0.6) is 0 Å². The Kier molecular flexibility index (Phi) is 2.96. The summed E-state index contributed by atoms with van der Waals surface area (Å²) in [7, 11) is 0. The molecule has 1 aromatic rings. The van der Waals surface area contributed by atoms with E-state index in [1.165, 1.54) is 0 Å². The van der Waals surface area contributed by atoms with Gasteiger partial charge in [0.05, 0.1) is 17.7 Å². The molecule has 0 bridgehead atoms. The molecule has 0 aliphatic rings. The fourth-order valence-corrected chi connectivity index (χ4v) is 1.04. The summed E-state index contributed by atoms with van der Waals surface area (Å²) in [5.74, 6) is -1.02. The van der Waals surface area contributed by atoms with Crippen molar-refractivity contribution in [2.75, 3.05) is 0 Å². The molecule has 5 heteroatoms. The summed E-state index contributed by atoms with van der Waals surface area (Å²) < 4.78 is 36.5. The Bertz CT molecular complexity index is 406. The number of hydrogen-bond acceptors (Lipinski definition) is 2. The predicted molar refractivity (Wildman–Crippen MR) is 45.4 cm³/mol. The van der Waals surface area contributed by atoms with Crippen LogP contribution in [0.25, 0.3) is 0 Å². The number of nitriles is 2. The third-order valence-electron chi connectivity index (χ3n) is 1.83. The average Bonchev–Trinajstić information content (AvgIpc) is 2.19. The van der Waals surface area contributed by atoms with Crippen molar-refractivity contribution < 1.29 is 13.2 Å². The second-order valence-corrected chi connectivity index (χ2v) is 2.81. The maximum atomic E-state index is 12.2. The Morgan fingerprint density at radius 3 is 1.80 bits per heavy atom. The molecular weight excluding hydrogens is 205 g/mol. The number of hydrogen-bond donors (Lipinski definition) is 0. The first kappa shape index (κ1) is 11.1. The van der Waals surface area contributed by atoms with Gasteiger partial charge in [-0.2, -0.15) is 23.7 Å². The normalized spacial score (nSPS) is 10.8. The van der Waals surface area contributed by atoms with Gasteiger partial charge < -0.3 is 0 Å². The largest absolute Gasteiger partial charge is 0.416 e. The molecule has 0 atom stereocenters. The highest BCUT2D eigenvalue weighted by atomic mass is 19.4. The van der Waals surface area contributed by atoms with Gasteiger partial charge in [0, 0.05) is 0 Å². The van der Waals surface area contributed by atoms with Crippen molar-refractivity contribution in [3.63, 3.8) is 0 Å². The minimum Gasteiger partial charge on any atom is -0.196 e. The molecule has 0 aliphatic heterocycles. The lowest BCUT2D eigenvalue weighted by Gasteiger charge is -2.07.